The van der Waals surface area contributed by atoms with Crippen LogP contribution in [0.25, 0.3) is 11.3 Å². The highest BCUT2D eigenvalue weighted by molar-refractivity contribution is 5.84. The number of carbonyl (C=O) groups excluding carboxylic acids is 2. The van der Waals surface area contributed by atoms with Crippen molar-refractivity contribution in [2.75, 3.05) is 25.1 Å². The second kappa shape index (κ2) is 14.0. The van der Waals surface area contributed by atoms with Crippen LogP contribution in [0.4, 0.5) is 19.4 Å². The fourth-order valence-corrected chi connectivity index (χ4v) is 3.63. The molecule has 9 nitrogen and oxygen atoms in total. The average molecular weight is 516 g/mol. The molecule has 0 saturated heterocycles. The fraction of sp³-hybridized carbons (Fsp3) is 0.346. The number of nitrogens with one attached hydrogen (secondary N) is 3. The third-order valence-corrected chi connectivity index (χ3v) is 5.55. The van der Waals surface area contributed by atoms with E-state index < -0.39 is 29.7 Å². The van der Waals surface area contributed by atoms with Crippen LogP contribution in [-0.2, 0) is 23.1 Å². The standard InChI is InChI=1S/C26H31F2N5O4/c1-33-23(14-22(32-33)18-8-3-2-4-9-18)31-26(36)37-17-20(11-5-6-13-34)30-24(35)16-29-15-19-10-7-12-21(27)25(19)28/h2-4,7-10,12,14,20,29,34H,5-6,11,13,15-17H2,1H3,(H,30,35)(H,31,36)/t20-/m0/s1. The van der Waals surface area contributed by atoms with Gasteiger partial charge in [0.05, 0.1) is 18.3 Å². The van der Waals surface area contributed by atoms with Gasteiger partial charge in [0.2, 0.25) is 5.91 Å². The second-order valence-electron chi connectivity index (χ2n) is 8.43. The van der Waals surface area contributed by atoms with Gasteiger partial charge in [0.25, 0.3) is 0 Å². The van der Waals surface area contributed by atoms with E-state index in [2.05, 4.69) is 21.0 Å². The molecule has 2 aromatic carbocycles. The number of carbonyl (C=O) groups is 2. The van der Waals surface area contributed by atoms with E-state index in [1.54, 1.807) is 13.1 Å². The van der Waals surface area contributed by atoms with Gasteiger partial charge in [-0.05, 0) is 25.3 Å². The van der Waals surface area contributed by atoms with Crippen molar-refractivity contribution >= 4 is 17.8 Å². The van der Waals surface area contributed by atoms with Crippen LogP contribution in [0.15, 0.2) is 54.6 Å². The number of amides is 2. The zero-order valence-corrected chi connectivity index (χ0v) is 20.5. The van der Waals surface area contributed by atoms with Crippen LogP contribution in [-0.4, -0.2) is 52.7 Å². The predicted molar refractivity (Wildman–Crippen MR) is 135 cm³/mol. The molecular weight excluding hydrogens is 484 g/mol. The molecule has 2 amide bonds. The molecule has 0 spiro atoms. The number of nitrogens with zero attached hydrogens (tertiary/aromatic N) is 2. The highest BCUT2D eigenvalue weighted by atomic mass is 19.2. The maximum Gasteiger partial charge on any atom is 0.412 e. The van der Waals surface area contributed by atoms with E-state index in [1.807, 2.05) is 30.3 Å². The smallest absolute Gasteiger partial charge is 0.412 e. The number of aliphatic hydroxyl groups is 1. The lowest BCUT2D eigenvalue weighted by molar-refractivity contribution is -0.121. The molecular formula is C26H31F2N5O4. The summed E-state index contributed by atoms with van der Waals surface area (Å²) in [6, 6.07) is 14.6. The molecule has 198 valence electrons. The maximum absolute atomic E-state index is 13.8. The Labute approximate surface area is 213 Å². The lowest BCUT2D eigenvalue weighted by atomic mass is 10.1. The summed E-state index contributed by atoms with van der Waals surface area (Å²) >= 11 is 0. The molecule has 37 heavy (non-hydrogen) atoms. The molecule has 0 radical (unpaired) electrons. The monoisotopic (exact) mass is 515 g/mol. The summed E-state index contributed by atoms with van der Waals surface area (Å²) in [5.41, 5.74) is 1.70. The Balaban J connectivity index is 1.49. The van der Waals surface area contributed by atoms with Crippen molar-refractivity contribution in [2.24, 2.45) is 7.05 Å². The molecule has 1 heterocycles. The van der Waals surface area contributed by atoms with Gasteiger partial charge in [0.1, 0.15) is 12.4 Å². The molecule has 0 aliphatic heterocycles. The predicted octanol–water partition coefficient (Wildman–Crippen LogP) is 3.35. The normalized spacial score (nSPS) is 11.7. The van der Waals surface area contributed by atoms with E-state index in [-0.39, 0.29) is 31.9 Å². The molecule has 0 bridgehead atoms. The van der Waals surface area contributed by atoms with Crippen molar-refractivity contribution < 1.29 is 28.2 Å². The number of aliphatic hydroxyl groups excluding tert-OH is 1. The Kier molecular flexibility index (Phi) is 10.5. The third kappa shape index (κ3) is 8.65. The number of hydrogen-bond acceptors (Lipinski definition) is 6. The number of aryl methyl sites for hydroxylation is 1. The van der Waals surface area contributed by atoms with Crippen LogP contribution in [0.5, 0.6) is 0 Å². The van der Waals surface area contributed by atoms with Gasteiger partial charge in [-0.3, -0.25) is 14.8 Å². The van der Waals surface area contributed by atoms with E-state index in [0.29, 0.717) is 30.8 Å². The lowest BCUT2D eigenvalue weighted by Gasteiger charge is -2.19. The highest BCUT2D eigenvalue weighted by Gasteiger charge is 2.17. The van der Waals surface area contributed by atoms with Crippen LogP contribution in [0.2, 0.25) is 0 Å². The zero-order chi connectivity index (χ0) is 26.6. The Hall–Kier alpha value is -3.83. The van der Waals surface area contributed by atoms with Crippen LogP contribution < -0.4 is 16.0 Å². The Morgan fingerprint density at radius 3 is 2.65 bits per heavy atom. The first-order chi connectivity index (χ1) is 17.9. The number of anilines is 1. The van der Waals surface area contributed by atoms with Crippen molar-refractivity contribution in [1.29, 1.82) is 0 Å². The van der Waals surface area contributed by atoms with Gasteiger partial charge in [-0.15, -0.1) is 0 Å². The molecule has 0 fully saturated rings. The van der Waals surface area contributed by atoms with Gasteiger partial charge in [0, 0.05) is 37.4 Å². The third-order valence-electron chi connectivity index (χ3n) is 5.55. The molecule has 0 aliphatic carbocycles. The van der Waals surface area contributed by atoms with Crippen LogP contribution in [0, 0.1) is 11.6 Å². The van der Waals surface area contributed by atoms with Crippen molar-refractivity contribution in [3.63, 3.8) is 0 Å². The number of aromatic nitrogens is 2. The minimum absolute atomic E-state index is 0.00695. The number of rotatable bonds is 13. The molecule has 1 aromatic heterocycles. The number of halogens is 2. The minimum Gasteiger partial charge on any atom is -0.447 e. The SMILES string of the molecule is Cn1nc(-c2ccccc2)cc1NC(=O)OC[C@H](CCCCO)NC(=O)CNCc1cccc(F)c1F. The number of ether oxygens (including phenoxy) is 1. The highest BCUT2D eigenvalue weighted by Crippen LogP contribution is 2.21. The van der Waals surface area contributed by atoms with Gasteiger partial charge in [0.15, 0.2) is 11.6 Å². The van der Waals surface area contributed by atoms with E-state index in [1.165, 1.54) is 16.8 Å². The molecule has 1 atom stereocenters. The first-order valence-electron chi connectivity index (χ1n) is 11.9. The van der Waals surface area contributed by atoms with E-state index in [4.69, 9.17) is 9.84 Å². The van der Waals surface area contributed by atoms with Crippen molar-refractivity contribution in [1.82, 2.24) is 20.4 Å². The van der Waals surface area contributed by atoms with Gasteiger partial charge in [-0.25, -0.2) is 13.6 Å². The molecule has 3 aromatic rings. The summed E-state index contributed by atoms with van der Waals surface area (Å²) in [5.74, 6) is -1.86. The van der Waals surface area contributed by atoms with Crippen molar-refractivity contribution in [3.05, 3.63) is 71.8 Å². The second-order valence-corrected chi connectivity index (χ2v) is 8.43. The molecule has 11 heteroatoms. The van der Waals surface area contributed by atoms with Gasteiger partial charge in [-0.1, -0.05) is 42.5 Å². The maximum atomic E-state index is 13.8. The summed E-state index contributed by atoms with van der Waals surface area (Å²) in [4.78, 5) is 24.8. The van der Waals surface area contributed by atoms with Crippen molar-refractivity contribution in [3.8, 4) is 11.3 Å². The summed E-state index contributed by atoms with van der Waals surface area (Å²) in [7, 11) is 1.70. The van der Waals surface area contributed by atoms with E-state index >= 15 is 0 Å². The first-order valence-corrected chi connectivity index (χ1v) is 11.9. The minimum atomic E-state index is -0.957. The quantitative estimate of drug-likeness (QED) is 0.260. The topological polar surface area (TPSA) is 118 Å². The van der Waals surface area contributed by atoms with E-state index in [9.17, 15) is 18.4 Å². The van der Waals surface area contributed by atoms with E-state index in [0.717, 1.165) is 11.6 Å². The van der Waals surface area contributed by atoms with Gasteiger partial charge >= 0.3 is 6.09 Å². The summed E-state index contributed by atoms with van der Waals surface area (Å²) < 4.78 is 33.9. The fourth-order valence-electron chi connectivity index (χ4n) is 3.63. The summed E-state index contributed by atoms with van der Waals surface area (Å²) in [6.07, 6.45) is 0.912. The molecule has 3 rings (SSSR count). The average Bonchev–Trinajstić information content (AvgIpc) is 3.25. The summed E-state index contributed by atoms with van der Waals surface area (Å²) in [6.45, 7) is -0.255. The lowest BCUT2D eigenvalue weighted by Crippen LogP contribution is -2.43. The zero-order valence-electron chi connectivity index (χ0n) is 20.5. The van der Waals surface area contributed by atoms with Gasteiger partial charge < -0.3 is 20.5 Å². The van der Waals surface area contributed by atoms with Crippen molar-refractivity contribution in [2.45, 2.75) is 31.8 Å². The largest absolute Gasteiger partial charge is 0.447 e. The molecule has 0 unspecified atom stereocenters. The van der Waals surface area contributed by atoms with Crippen LogP contribution >= 0.6 is 0 Å². The van der Waals surface area contributed by atoms with Crippen LogP contribution in [0.1, 0.15) is 24.8 Å². The molecule has 4 N–H and O–H groups in total. The van der Waals surface area contributed by atoms with Crippen LogP contribution in [0.3, 0.4) is 0 Å². The number of hydrogen-bond donors (Lipinski definition) is 4. The molecule has 0 aliphatic rings. The Morgan fingerprint density at radius 2 is 1.89 bits per heavy atom. The molecule has 0 saturated carbocycles. The summed E-state index contributed by atoms with van der Waals surface area (Å²) in [5, 5.41) is 21.6. The number of unbranched alkanes of at least 4 members (excludes halogenated alkanes) is 1. The number of benzene rings is 2. The van der Waals surface area contributed by atoms with Gasteiger partial charge in [-0.2, -0.15) is 5.10 Å². The Morgan fingerprint density at radius 1 is 1.11 bits per heavy atom. The Bertz CT molecular complexity index is 1170. The first kappa shape index (κ1) is 27.8.